The average Bonchev–Trinajstić information content (AvgIpc) is 2.90. The number of hydrogen-bond donors (Lipinski definition) is 2. The van der Waals surface area contributed by atoms with Crippen LogP contribution in [0.2, 0.25) is 0 Å². The Morgan fingerprint density at radius 3 is 2.67 bits per heavy atom. The van der Waals surface area contributed by atoms with E-state index in [1.165, 1.54) is 0 Å². The minimum Gasteiger partial charge on any atom is -0.492 e. The molecule has 1 fully saturated rings. The van der Waals surface area contributed by atoms with E-state index in [4.69, 9.17) is 4.74 Å². The first-order valence-corrected chi connectivity index (χ1v) is 8.60. The number of carbonyl (C=O) groups is 2. The first-order chi connectivity index (χ1) is 11.3. The summed E-state index contributed by atoms with van der Waals surface area (Å²) in [7, 11) is 0. The number of aryl methyl sites for hydroxylation is 2. The molecule has 1 aliphatic carbocycles. The number of carbonyl (C=O) groups excluding carboxylic acids is 1. The summed E-state index contributed by atoms with van der Waals surface area (Å²) in [4.78, 5) is 24.4. The predicted octanol–water partition coefficient (Wildman–Crippen LogP) is 2.93. The van der Waals surface area contributed by atoms with E-state index in [1.54, 1.807) is 0 Å². The van der Waals surface area contributed by atoms with E-state index < -0.39 is 17.4 Å². The summed E-state index contributed by atoms with van der Waals surface area (Å²) in [5, 5.41) is 12.5. The summed E-state index contributed by atoms with van der Waals surface area (Å²) in [6.07, 6.45) is 3.15. The Labute approximate surface area is 142 Å². The van der Waals surface area contributed by atoms with Gasteiger partial charge in [0.15, 0.2) is 0 Å². The second kappa shape index (κ2) is 6.11. The molecule has 24 heavy (non-hydrogen) atoms. The Balaban J connectivity index is 1.81. The van der Waals surface area contributed by atoms with Gasteiger partial charge in [0.05, 0.1) is 11.5 Å². The Hall–Kier alpha value is -2.04. The van der Waals surface area contributed by atoms with E-state index in [-0.39, 0.29) is 11.8 Å². The highest BCUT2D eigenvalue weighted by atomic mass is 16.5. The number of carboxylic acid groups (broad SMARTS) is 1. The molecule has 0 radical (unpaired) electrons. The lowest BCUT2D eigenvalue weighted by atomic mass is 9.73. The van der Waals surface area contributed by atoms with Crippen LogP contribution >= 0.6 is 0 Å². The summed E-state index contributed by atoms with van der Waals surface area (Å²) in [5.41, 5.74) is 2.48. The minimum absolute atomic E-state index is 0.132. The van der Waals surface area contributed by atoms with Gasteiger partial charge in [-0.05, 0) is 50.8 Å². The molecule has 0 aromatic heterocycles. The second-order valence-corrected chi connectivity index (χ2v) is 7.38. The number of hydrogen-bond acceptors (Lipinski definition) is 3. The zero-order valence-electron chi connectivity index (χ0n) is 14.5. The van der Waals surface area contributed by atoms with Crippen LogP contribution in [0.25, 0.3) is 0 Å². The zero-order chi connectivity index (χ0) is 17.5. The Kier molecular flexibility index (Phi) is 4.28. The van der Waals surface area contributed by atoms with Gasteiger partial charge in [-0.1, -0.05) is 18.9 Å². The van der Waals surface area contributed by atoms with Crippen LogP contribution in [0.15, 0.2) is 12.1 Å². The van der Waals surface area contributed by atoms with Crippen molar-refractivity contribution in [3.63, 3.8) is 0 Å². The van der Waals surface area contributed by atoms with Gasteiger partial charge in [0, 0.05) is 5.56 Å². The first-order valence-electron chi connectivity index (χ1n) is 8.60. The van der Waals surface area contributed by atoms with Gasteiger partial charge in [0.25, 0.3) is 0 Å². The fourth-order valence-corrected chi connectivity index (χ4v) is 3.94. The first kappa shape index (κ1) is 16.8. The molecule has 1 aromatic carbocycles. The highest BCUT2D eigenvalue weighted by Gasteiger charge is 2.44. The lowest BCUT2D eigenvalue weighted by molar-refractivity contribution is -0.146. The van der Waals surface area contributed by atoms with Crippen molar-refractivity contribution >= 4 is 11.9 Å². The van der Waals surface area contributed by atoms with E-state index in [0.29, 0.717) is 19.4 Å². The molecule has 1 aromatic rings. The highest BCUT2D eigenvalue weighted by Crippen LogP contribution is 2.38. The van der Waals surface area contributed by atoms with Crippen molar-refractivity contribution in [3.05, 3.63) is 28.8 Å². The fourth-order valence-electron chi connectivity index (χ4n) is 3.94. The van der Waals surface area contributed by atoms with Crippen molar-refractivity contribution < 1.29 is 19.4 Å². The van der Waals surface area contributed by atoms with Gasteiger partial charge in [0.2, 0.25) is 5.91 Å². The van der Waals surface area contributed by atoms with E-state index >= 15 is 0 Å². The summed E-state index contributed by atoms with van der Waals surface area (Å²) >= 11 is 0. The Bertz CT molecular complexity index is 684. The molecule has 3 rings (SSSR count). The molecule has 2 aliphatic rings. The van der Waals surface area contributed by atoms with E-state index in [2.05, 4.69) is 5.32 Å². The summed E-state index contributed by atoms with van der Waals surface area (Å²) in [6.45, 7) is 6.22. The van der Waals surface area contributed by atoms with Crippen LogP contribution < -0.4 is 10.1 Å². The normalized spacial score (nSPS) is 28.8. The maximum Gasteiger partial charge on any atom is 0.308 e. The molecule has 2 N–H and O–H groups in total. The van der Waals surface area contributed by atoms with Crippen molar-refractivity contribution in [2.45, 2.75) is 57.9 Å². The van der Waals surface area contributed by atoms with Crippen molar-refractivity contribution in [3.8, 4) is 5.75 Å². The van der Waals surface area contributed by atoms with Gasteiger partial charge in [0.1, 0.15) is 18.3 Å². The molecule has 3 atom stereocenters. The molecule has 1 amide bonds. The van der Waals surface area contributed by atoms with Crippen molar-refractivity contribution in [2.24, 2.45) is 5.92 Å². The molecule has 130 valence electrons. The number of benzene rings is 1. The maximum atomic E-state index is 12.9. The molecule has 0 saturated heterocycles. The largest absolute Gasteiger partial charge is 0.492 e. The number of rotatable bonds is 3. The van der Waals surface area contributed by atoms with E-state index in [1.807, 2.05) is 32.9 Å². The van der Waals surface area contributed by atoms with Crippen LogP contribution in [-0.4, -0.2) is 29.1 Å². The van der Waals surface area contributed by atoms with Gasteiger partial charge in [-0.25, -0.2) is 0 Å². The quantitative estimate of drug-likeness (QED) is 0.893. The van der Waals surface area contributed by atoms with Crippen LogP contribution in [0.1, 0.15) is 55.2 Å². The van der Waals surface area contributed by atoms with Crippen molar-refractivity contribution in [1.29, 1.82) is 0 Å². The topological polar surface area (TPSA) is 75.6 Å². The molecule has 1 heterocycles. The third-order valence-electron chi connectivity index (χ3n) is 5.64. The molecule has 5 heteroatoms. The van der Waals surface area contributed by atoms with Gasteiger partial charge in [-0.3, -0.25) is 9.59 Å². The van der Waals surface area contributed by atoms with Gasteiger partial charge >= 0.3 is 5.97 Å². The van der Waals surface area contributed by atoms with Crippen LogP contribution in [0.3, 0.4) is 0 Å². The maximum absolute atomic E-state index is 12.9. The van der Waals surface area contributed by atoms with Gasteiger partial charge in [-0.2, -0.15) is 0 Å². The monoisotopic (exact) mass is 331 g/mol. The number of amides is 1. The molecular weight excluding hydrogens is 306 g/mol. The molecular formula is C19H25NO4. The predicted molar refractivity (Wildman–Crippen MR) is 90.3 cm³/mol. The molecule has 0 spiro atoms. The van der Waals surface area contributed by atoms with Crippen molar-refractivity contribution in [1.82, 2.24) is 5.32 Å². The number of ether oxygens (including phenoxy) is 1. The third kappa shape index (κ3) is 2.87. The van der Waals surface area contributed by atoms with Crippen molar-refractivity contribution in [2.75, 3.05) is 6.61 Å². The summed E-state index contributed by atoms with van der Waals surface area (Å²) < 4.78 is 5.69. The van der Waals surface area contributed by atoms with Crippen LogP contribution in [0.4, 0.5) is 0 Å². The summed E-state index contributed by atoms with van der Waals surface area (Å²) in [6, 6.07) is 3.99. The third-order valence-corrected chi connectivity index (χ3v) is 5.64. The Morgan fingerprint density at radius 2 is 1.96 bits per heavy atom. The molecule has 1 aliphatic heterocycles. The smallest absolute Gasteiger partial charge is 0.308 e. The van der Waals surface area contributed by atoms with Gasteiger partial charge < -0.3 is 15.2 Å². The summed E-state index contributed by atoms with van der Waals surface area (Å²) in [5.74, 6) is -1.09. The number of aliphatic carboxylic acids is 1. The van der Waals surface area contributed by atoms with E-state index in [0.717, 1.165) is 35.3 Å². The Morgan fingerprint density at radius 1 is 1.25 bits per heavy atom. The number of nitrogens with one attached hydrogen (secondary N) is 1. The van der Waals surface area contributed by atoms with E-state index in [9.17, 15) is 14.7 Å². The molecule has 5 nitrogen and oxygen atoms in total. The average molecular weight is 331 g/mol. The molecule has 3 unspecified atom stereocenters. The van der Waals surface area contributed by atoms with Gasteiger partial charge in [-0.15, -0.1) is 0 Å². The fraction of sp³-hybridized carbons (Fsp3) is 0.579. The van der Waals surface area contributed by atoms with Crippen LogP contribution in [0, 0.1) is 19.8 Å². The van der Waals surface area contributed by atoms with Crippen LogP contribution in [-0.2, 0) is 9.59 Å². The minimum atomic E-state index is -0.827. The number of fused-ring (bicyclic) bond motifs is 1. The highest BCUT2D eigenvalue weighted by molar-refractivity contribution is 5.87. The number of carboxylic acids is 1. The SMILES string of the molecule is Cc1cc2c(cc1C)C(C(=O)NC1(C)CCCCC1C(=O)O)CO2. The standard InChI is InChI=1S/C19H25NO4/c1-11-8-13-14(10-24-16(13)9-12(11)2)17(21)20-19(3)7-5-4-6-15(19)18(22)23/h8-9,14-15H,4-7,10H2,1-3H3,(H,20,21)(H,22,23). The van der Waals surface area contributed by atoms with Crippen LogP contribution in [0.5, 0.6) is 5.75 Å². The zero-order valence-corrected chi connectivity index (χ0v) is 14.5. The second-order valence-electron chi connectivity index (χ2n) is 7.38. The molecule has 0 bridgehead atoms. The lowest BCUT2D eigenvalue weighted by Gasteiger charge is -2.40. The lowest BCUT2D eigenvalue weighted by Crippen LogP contribution is -2.56. The molecule has 1 saturated carbocycles.